The molecule has 2 aromatic heterocycles. The number of fused-ring (bicyclic) bond motifs is 1. The molecule has 29 heavy (non-hydrogen) atoms. The van der Waals surface area contributed by atoms with Gasteiger partial charge in [-0.15, -0.1) is 5.01 Å². The summed E-state index contributed by atoms with van der Waals surface area (Å²) >= 11 is 1.21. The van der Waals surface area contributed by atoms with Gasteiger partial charge >= 0.3 is 5.88 Å². The van der Waals surface area contributed by atoms with E-state index in [0.717, 1.165) is 0 Å². The summed E-state index contributed by atoms with van der Waals surface area (Å²) in [6, 6.07) is 7.19. The number of thioether (sulfide) groups is 1. The first-order valence-corrected chi connectivity index (χ1v) is 10.3. The number of carbonyl (C=O) groups is 1. The zero-order chi connectivity index (χ0) is 20.2. The highest BCUT2D eigenvalue weighted by atomic mass is 32.2. The molecule has 1 fully saturated rings. The van der Waals surface area contributed by atoms with Crippen LogP contribution in [-0.4, -0.2) is 52.8 Å². The number of anilines is 1. The molecule has 0 aliphatic carbocycles. The molecule has 0 radical (unpaired) electrons. The Kier molecular flexibility index (Phi) is 5.76. The Morgan fingerprint density at radius 2 is 2.10 bits per heavy atom. The highest BCUT2D eigenvalue weighted by Gasteiger charge is 2.23. The van der Waals surface area contributed by atoms with Crippen LogP contribution >= 0.6 is 11.8 Å². The second-order valence-corrected chi connectivity index (χ2v) is 7.29. The van der Waals surface area contributed by atoms with Crippen molar-refractivity contribution in [1.82, 2.24) is 14.8 Å². The molecule has 1 amide bonds. The van der Waals surface area contributed by atoms with Crippen molar-refractivity contribution in [3.05, 3.63) is 40.8 Å². The van der Waals surface area contributed by atoms with Crippen LogP contribution in [0.15, 0.2) is 44.9 Å². The standard InChI is InChI=1S/C18H20N6O4S/c1-2-23-17(26)13-5-3-4-6-14(13)19-18(23)29-12-15(25)20-16-11-24(21-28-16)22-7-9-27-10-8-22/h3-6,11H,2,7-10,12H2,1H3/p+1. The first kappa shape index (κ1) is 19.4. The summed E-state index contributed by atoms with van der Waals surface area (Å²) in [4.78, 5) is 31.1. The van der Waals surface area contributed by atoms with Gasteiger partial charge in [0.1, 0.15) is 0 Å². The van der Waals surface area contributed by atoms with E-state index in [-0.39, 0.29) is 23.1 Å². The molecule has 152 valence electrons. The Morgan fingerprint density at radius 1 is 1.31 bits per heavy atom. The van der Waals surface area contributed by atoms with E-state index < -0.39 is 0 Å². The molecule has 1 N–H and O–H groups in total. The van der Waals surface area contributed by atoms with Gasteiger partial charge in [-0.25, -0.2) is 4.98 Å². The van der Waals surface area contributed by atoms with Crippen molar-refractivity contribution in [3.63, 3.8) is 0 Å². The van der Waals surface area contributed by atoms with Crippen LogP contribution < -0.4 is 20.7 Å². The van der Waals surface area contributed by atoms with E-state index in [1.165, 1.54) is 11.8 Å². The Hall–Kier alpha value is -2.92. The highest BCUT2D eigenvalue weighted by molar-refractivity contribution is 7.99. The number of nitrogens with zero attached hydrogens (tertiary/aromatic N) is 5. The van der Waals surface area contributed by atoms with Crippen LogP contribution in [0.25, 0.3) is 10.9 Å². The van der Waals surface area contributed by atoms with E-state index in [0.29, 0.717) is 48.9 Å². The average molecular weight is 417 g/mol. The summed E-state index contributed by atoms with van der Waals surface area (Å²) in [6.45, 7) is 4.99. The minimum Gasteiger partial charge on any atom is -0.377 e. The Bertz CT molecular complexity index is 1080. The fraction of sp³-hybridized carbons (Fsp3) is 0.389. The molecular formula is C18H21N6O4S+. The van der Waals surface area contributed by atoms with Crippen LogP contribution in [0.4, 0.5) is 5.88 Å². The van der Waals surface area contributed by atoms with Gasteiger partial charge in [0.15, 0.2) is 5.16 Å². The number of para-hydroxylation sites is 1. The Labute approximate surface area is 170 Å². The normalized spacial score (nSPS) is 14.3. The van der Waals surface area contributed by atoms with E-state index in [9.17, 15) is 9.59 Å². The minimum absolute atomic E-state index is 0.0863. The number of carbonyl (C=O) groups excluding carboxylic acids is 1. The second kappa shape index (κ2) is 8.62. The number of ether oxygens (including phenoxy) is 1. The predicted molar refractivity (Wildman–Crippen MR) is 106 cm³/mol. The number of nitrogens with one attached hydrogen (secondary N) is 1. The van der Waals surface area contributed by atoms with Gasteiger partial charge in [-0.1, -0.05) is 23.9 Å². The van der Waals surface area contributed by atoms with Crippen LogP contribution in [0, 0.1) is 0 Å². The number of morpholine rings is 1. The molecule has 11 heteroatoms. The summed E-state index contributed by atoms with van der Waals surface area (Å²) in [6.07, 6.45) is 1.62. The maximum atomic E-state index is 12.6. The molecule has 3 aromatic rings. The first-order chi connectivity index (χ1) is 14.2. The van der Waals surface area contributed by atoms with Gasteiger partial charge in [-0.05, 0) is 19.1 Å². The molecule has 4 rings (SSSR count). The number of hydrogen-bond acceptors (Lipinski definition) is 8. The lowest BCUT2D eigenvalue weighted by Gasteiger charge is -2.18. The SMILES string of the molecule is CCn1c(SCC(=O)Nc2c[n+](N3CCOCC3)no2)nc2ccccc2c1=O. The lowest BCUT2D eigenvalue weighted by atomic mass is 10.2. The van der Waals surface area contributed by atoms with Gasteiger partial charge in [0, 0.05) is 6.54 Å². The van der Waals surface area contributed by atoms with E-state index >= 15 is 0 Å². The van der Waals surface area contributed by atoms with Crippen molar-refractivity contribution in [2.75, 3.05) is 42.4 Å². The zero-order valence-electron chi connectivity index (χ0n) is 15.9. The summed E-state index contributed by atoms with van der Waals surface area (Å²) < 4.78 is 12.1. The van der Waals surface area contributed by atoms with Crippen molar-refractivity contribution >= 4 is 34.5 Å². The number of rotatable bonds is 6. The summed E-state index contributed by atoms with van der Waals surface area (Å²) in [5, 5.41) is 9.62. The minimum atomic E-state index is -0.273. The van der Waals surface area contributed by atoms with Gasteiger partial charge in [0.05, 0.1) is 47.7 Å². The number of amides is 1. The molecule has 1 saturated heterocycles. The summed E-state index contributed by atoms with van der Waals surface area (Å²) in [5.74, 6) is 0.0648. The van der Waals surface area contributed by atoms with Crippen LogP contribution in [0.2, 0.25) is 0 Å². The molecule has 1 aliphatic heterocycles. The molecule has 3 heterocycles. The molecule has 0 atom stereocenters. The lowest BCUT2D eigenvalue weighted by Crippen LogP contribution is -2.62. The van der Waals surface area contributed by atoms with E-state index in [4.69, 9.17) is 9.26 Å². The number of hydrogen-bond donors (Lipinski definition) is 1. The summed E-state index contributed by atoms with van der Waals surface area (Å²) in [5.41, 5.74) is 0.509. The molecule has 1 aliphatic rings. The van der Waals surface area contributed by atoms with E-state index in [2.05, 4.69) is 15.6 Å². The lowest BCUT2D eigenvalue weighted by molar-refractivity contribution is -0.759. The third-order valence-corrected chi connectivity index (χ3v) is 5.45. The summed E-state index contributed by atoms with van der Waals surface area (Å²) in [7, 11) is 0. The first-order valence-electron chi connectivity index (χ1n) is 9.29. The smallest absolute Gasteiger partial charge is 0.305 e. The largest absolute Gasteiger partial charge is 0.377 e. The maximum Gasteiger partial charge on any atom is 0.305 e. The van der Waals surface area contributed by atoms with E-state index in [1.54, 1.807) is 27.7 Å². The Morgan fingerprint density at radius 3 is 2.90 bits per heavy atom. The third kappa shape index (κ3) is 4.25. The average Bonchev–Trinajstić information content (AvgIpc) is 3.21. The molecule has 0 bridgehead atoms. The Balaban J connectivity index is 1.42. The number of aromatic nitrogens is 4. The monoisotopic (exact) mass is 417 g/mol. The van der Waals surface area contributed by atoms with Crippen molar-refractivity contribution in [1.29, 1.82) is 0 Å². The van der Waals surface area contributed by atoms with Crippen molar-refractivity contribution in [2.24, 2.45) is 0 Å². The number of benzene rings is 1. The molecule has 0 unspecified atom stereocenters. The highest BCUT2D eigenvalue weighted by Crippen LogP contribution is 2.18. The van der Waals surface area contributed by atoms with Gasteiger partial charge in [0.25, 0.3) is 11.8 Å². The van der Waals surface area contributed by atoms with Crippen LogP contribution in [0.3, 0.4) is 0 Å². The van der Waals surface area contributed by atoms with Crippen molar-refractivity contribution < 1.29 is 18.8 Å². The van der Waals surface area contributed by atoms with Gasteiger partial charge in [0.2, 0.25) is 11.2 Å². The quantitative estimate of drug-likeness (QED) is 0.349. The van der Waals surface area contributed by atoms with Crippen LogP contribution in [0.5, 0.6) is 0 Å². The topological polar surface area (TPSA) is 106 Å². The van der Waals surface area contributed by atoms with E-state index in [1.807, 2.05) is 24.1 Å². The predicted octanol–water partition coefficient (Wildman–Crippen LogP) is 0.391. The van der Waals surface area contributed by atoms with Crippen molar-refractivity contribution in [2.45, 2.75) is 18.6 Å². The van der Waals surface area contributed by atoms with Gasteiger partial charge < -0.3 is 4.74 Å². The molecule has 1 aromatic carbocycles. The second-order valence-electron chi connectivity index (χ2n) is 6.35. The van der Waals surface area contributed by atoms with Gasteiger partial charge in [-0.2, -0.15) is 0 Å². The molecular weight excluding hydrogens is 396 g/mol. The third-order valence-electron chi connectivity index (χ3n) is 4.47. The van der Waals surface area contributed by atoms with Crippen molar-refractivity contribution in [3.8, 4) is 0 Å². The molecule has 0 spiro atoms. The van der Waals surface area contributed by atoms with Crippen LogP contribution in [-0.2, 0) is 16.1 Å². The molecule has 0 saturated carbocycles. The fourth-order valence-electron chi connectivity index (χ4n) is 3.03. The zero-order valence-corrected chi connectivity index (χ0v) is 16.7. The van der Waals surface area contributed by atoms with Gasteiger partial charge in [-0.3, -0.25) is 24.0 Å². The molecule has 10 nitrogen and oxygen atoms in total. The van der Waals surface area contributed by atoms with Crippen LogP contribution in [0.1, 0.15) is 6.92 Å². The maximum absolute atomic E-state index is 12.6. The fourth-order valence-corrected chi connectivity index (χ4v) is 3.89.